The van der Waals surface area contributed by atoms with E-state index in [9.17, 15) is 24.9 Å². The molecule has 200 valence electrons. The third-order valence-corrected chi connectivity index (χ3v) is 5.20. The maximum absolute atomic E-state index is 12.8. The highest BCUT2D eigenvalue weighted by Crippen LogP contribution is 2.27. The Morgan fingerprint density at radius 3 is 1.82 bits per heavy atom. The van der Waals surface area contributed by atoms with E-state index >= 15 is 0 Å². The molecule has 0 radical (unpaired) electrons. The van der Waals surface area contributed by atoms with E-state index in [4.69, 9.17) is 14.2 Å². The van der Waals surface area contributed by atoms with Crippen molar-refractivity contribution < 1.29 is 39.1 Å². The molecule has 2 aromatic carbocycles. The molecule has 2 rings (SSSR count). The number of aliphatic hydroxyl groups is 1. The second-order valence-corrected chi connectivity index (χ2v) is 7.83. The highest BCUT2D eigenvalue weighted by Gasteiger charge is 2.14. The van der Waals surface area contributed by atoms with E-state index in [1.165, 1.54) is 44.6 Å². The van der Waals surface area contributed by atoms with Crippen LogP contribution in [0.25, 0.3) is 12.2 Å². The number of phenols is 2. The Labute approximate surface area is 222 Å². The van der Waals surface area contributed by atoms with Gasteiger partial charge in [0.25, 0.3) is 0 Å². The van der Waals surface area contributed by atoms with Crippen LogP contribution in [-0.4, -0.2) is 47.9 Å². The quantitative estimate of drug-likeness (QED) is 0.133. The molecule has 2 aromatic rings. The van der Waals surface area contributed by atoms with Crippen LogP contribution in [0.5, 0.6) is 23.0 Å². The van der Waals surface area contributed by atoms with Crippen LogP contribution in [0.2, 0.25) is 0 Å². The summed E-state index contributed by atoms with van der Waals surface area (Å²) in [6, 6.07) is 9.68. The number of ketones is 1. The largest absolute Gasteiger partial charge is 0.508 e. The molecule has 0 spiro atoms. The van der Waals surface area contributed by atoms with Crippen LogP contribution < -0.4 is 9.47 Å². The molecule has 0 aliphatic heterocycles. The summed E-state index contributed by atoms with van der Waals surface area (Å²) in [6.07, 6.45) is 12.4. The van der Waals surface area contributed by atoms with E-state index in [0.29, 0.717) is 11.5 Å². The molecular formula is C30H32O8. The second kappa shape index (κ2) is 15.4. The first-order valence-electron chi connectivity index (χ1n) is 11.8. The van der Waals surface area contributed by atoms with Crippen LogP contribution in [0.15, 0.2) is 84.2 Å². The molecule has 0 bridgehead atoms. The summed E-state index contributed by atoms with van der Waals surface area (Å²) in [7, 11) is 2.90. The standard InChI is InChI=1S/C30H32O8/c1-4-38-30(35)18-15-23(24(31)11-7-5-9-21-13-16-26(33)28(19-21)36-2)25(32)12-8-6-10-22-14-17-27(34)29(20-22)37-3/h5-14,16-17,19-20,31,33-34H,4,15,18H2,1-3H3/b9-5+,10-6+,11-7+,12-8+,24-23-. The molecule has 0 heterocycles. The van der Waals surface area contributed by atoms with Gasteiger partial charge in [-0.3, -0.25) is 9.59 Å². The SMILES string of the molecule is CCOC(=O)CC\C(C(=O)/C=C/C=C/c1ccc(O)c(OC)c1)=C(O)/C=C/C=C/c1ccc(O)c(OC)c1. The van der Waals surface area contributed by atoms with Crippen LogP contribution in [0, 0.1) is 0 Å². The number of carbonyl (C=O) groups is 2. The van der Waals surface area contributed by atoms with Gasteiger partial charge in [-0.15, -0.1) is 0 Å². The van der Waals surface area contributed by atoms with Gasteiger partial charge in [-0.2, -0.15) is 0 Å². The molecule has 0 amide bonds. The van der Waals surface area contributed by atoms with Gasteiger partial charge in [-0.05, 0) is 60.9 Å². The Balaban J connectivity index is 2.18. The van der Waals surface area contributed by atoms with Crippen molar-refractivity contribution in [2.24, 2.45) is 0 Å². The van der Waals surface area contributed by atoms with Crippen LogP contribution in [-0.2, 0) is 14.3 Å². The molecule has 8 nitrogen and oxygen atoms in total. The van der Waals surface area contributed by atoms with Crippen LogP contribution in [0.3, 0.4) is 0 Å². The Bertz CT molecular complexity index is 1270. The van der Waals surface area contributed by atoms with Crippen LogP contribution in [0.1, 0.15) is 30.9 Å². The number of aliphatic hydroxyl groups excluding tert-OH is 1. The fraction of sp³-hybridized carbons (Fsp3) is 0.200. The van der Waals surface area contributed by atoms with E-state index in [2.05, 4.69) is 0 Å². The Kier molecular flexibility index (Phi) is 12.0. The third kappa shape index (κ3) is 9.39. The molecule has 3 N–H and O–H groups in total. The van der Waals surface area contributed by atoms with E-state index < -0.39 is 11.8 Å². The maximum Gasteiger partial charge on any atom is 0.306 e. The van der Waals surface area contributed by atoms with Crippen LogP contribution >= 0.6 is 0 Å². The fourth-order valence-corrected chi connectivity index (χ4v) is 3.26. The van der Waals surface area contributed by atoms with Crippen molar-refractivity contribution in [2.75, 3.05) is 20.8 Å². The number of allylic oxidation sites excluding steroid dienone is 7. The van der Waals surface area contributed by atoms with Crippen LogP contribution in [0.4, 0.5) is 0 Å². The minimum atomic E-state index is -0.471. The number of phenolic OH excluding ortho intramolecular Hbond substituents is 2. The number of ether oxygens (including phenoxy) is 3. The van der Waals surface area contributed by atoms with Gasteiger partial charge in [0.1, 0.15) is 5.76 Å². The van der Waals surface area contributed by atoms with Gasteiger partial charge < -0.3 is 29.5 Å². The molecule has 0 aliphatic carbocycles. The normalized spacial score (nSPS) is 12.4. The number of methoxy groups -OCH3 is 2. The lowest BCUT2D eigenvalue weighted by Crippen LogP contribution is -2.08. The minimum Gasteiger partial charge on any atom is -0.508 e. The summed E-state index contributed by atoms with van der Waals surface area (Å²) in [5.74, 6) is -0.506. The lowest BCUT2D eigenvalue weighted by molar-refractivity contribution is -0.143. The van der Waals surface area contributed by atoms with Crippen molar-refractivity contribution in [3.63, 3.8) is 0 Å². The number of hydrogen-bond acceptors (Lipinski definition) is 8. The molecule has 0 unspecified atom stereocenters. The van der Waals surface area contributed by atoms with Gasteiger partial charge in [0, 0.05) is 12.0 Å². The van der Waals surface area contributed by atoms with Gasteiger partial charge in [-0.1, -0.05) is 48.6 Å². The molecular weight excluding hydrogens is 488 g/mol. The van der Waals surface area contributed by atoms with Gasteiger partial charge >= 0.3 is 5.97 Å². The van der Waals surface area contributed by atoms with E-state index in [1.807, 2.05) is 0 Å². The first-order valence-corrected chi connectivity index (χ1v) is 11.8. The van der Waals surface area contributed by atoms with Crippen molar-refractivity contribution in [1.29, 1.82) is 0 Å². The Hall–Kier alpha value is -4.72. The molecule has 0 atom stereocenters. The van der Waals surface area contributed by atoms with E-state index in [0.717, 1.165) is 11.1 Å². The third-order valence-electron chi connectivity index (χ3n) is 5.20. The molecule has 0 saturated carbocycles. The average molecular weight is 521 g/mol. The monoisotopic (exact) mass is 520 g/mol. The number of esters is 1. The first-order chi connectivity index (χ1) is 18.3. The predicted octanol–water partition coefficient (Wildman–Crippen LogP) is 5.68. The van der Waals surface area contributed by atoms with Gasteiger partial charge in [0.05, 0.1) is 20.8 Å². The molecule has 8 heteroatoms. The highest BCUT2D eigenvalue weighted by atomic mass is 16.5. The summed E-state index contributed by atoms with van der Waals surface area (Å²) in [4.78, 5) is 24.7. The zero-order valence-electron chi connectivity index (χ0n) is 21.6. The topological polar surface area (TPSA) is 123 Å². The van der Waals surface area contributed by atoms with E-state index in [-0.39, 0.29) is 42.3 Å². The van der Waals surface area contributed by atoms with E-state index in [1.54, 1.807) is 61.6 Å². The zero-order chi connectivity index (χ0) is 27.9. The summed E-state index contributed by atoms with van der Waals surface area (Å²) in [6.45, 7) is 1.91. The van der Waals surface area contributed by atoms with Crippen molar-refractivity contribution in [1.82, 2.24) is 0 Å². The number of hydrogen-bond donors (Lipinski definition) is 3. The number of aromatic hydroxyl groups is 2. The summed E-state index contributed by atoms with van der Waals surface area (Å²) in [5.41, 5.74) is 1.57. The smallest absolute Gasteiger partial charge is 0.306 e. The minimum absolute atomic E-state index is 0.00404. The number of carbonyl (C=O) groups excluding carboxylic acids is 2. The summed E-state index contributed by atoms with van der Waals surface area (Å²) >= 11 is 0. The molecule has 0 aromatic heterocycles. The van der Waals surface area contributed by atoms with Gasteiger partial charge in [-0.25, -0.2) is 0 Å². The highest BCUT2D eigenvalue weighted by molar-refractivity contribution is 6.05. The summed E-state index contributed by atoms with van der Waals surface area (Å²) in [5, 5.41) is 30.0. The van der Waals surface area contributed by atoms with Crippen molar-refractivity contribution in [3.8, 4) is 23.0 Å². The Morgan fingerprint density at radius 2 is 1.32 bits per heavy atom. The molecule has 0 fully saturated rings. The van der Waals surface area contributed by atoms with Gasteiger partial charge in [0.2, 0.25) is 0 Å². The summed E-state index contributed by atoms with van der Waals surface area (Å²) < 4.78 is 15.1. The molecule has 0 aliphatic rings. The predicted molar refractivity (Wildman–Crippen MR) is 146 cm³/mol. The van der Waals surface area contributed by atoms with Crippen molar-refractivity contribution >= 4 is 23.9 Å². The number of benzene rings is 2. The average Bonchev–Trinajstić information content (AvgIpc) is 2.91. The zero-order valence-corrected chi connectivity index (χ0v) is 21.6. The van der Waals surface area contributed by atoms with Crippen molar-refractivity contribution in [3.05, 3.63) is 95.3 Å². The molecule has 0 saturated heterocycles. The first kappa shape index (κ1) is 29.5. The fourth-order valence-electron chi connectivity index (χ4n) is 3.26. The number of rotatable bonds is 13. The molecule has 38 heavy (non-hydrogen) atoms. The lowest BCUT2D eigenvalue weighted by atomic mass is 10.0. The Morgan fingerprint density at radius 1 is 0.789 bits per heavy atom. The van der Waals surface area contributed by atoms with Gasteiger partial charge in [0.15, 0.2) is 28.8 Å². The second-order valence-electron chi connectivity index (χ2n) is 7.83. The van der Waals surface area contributed by atoms with Crippen molar-refractivity contribution in [2.45, 2.75) is 19.8 Å². The maximum atomic E-state index is 12.8. The lowest BCUT2D eigenvalue weighted by Gasteiger charge is -2.06.